The molecule has 154 valence electrons. The van der Waals surface area contributed by atoms with Gasteiger partial charge in [0.05, 0.1) is 25.3 Å². The van der Waals surface area contributed by atoms with E-state index in [0.29, 0.717) is 43.5 Å². The highest BCUT2D eigenvalue weighted by atomic mass is 35.5. The van der Waals surface area contributed by atoms with Gasteiger partial charge in [0.2, 0.25) is 0 Å². The maximum atomic E-state index is 12.9. The van der Waals surface area contributed by atoms with Crippen LogP contribution in [0.15, 0.2) is 66.7 Å². The van der Waals surface area contributed by atoms with Crippen LogP contribution in [0.3, 0.4) is 0 Å². The molecule has 1 aliphatic rings. The zero-order chi connectivity index (χ0) is 20.9. The van der Waals surface area contributed by atoms with E-state index in [1.54, 1.807) is 23.1 Å². The van der Waals surface area contributed by atoms with Crippen LogP contribution in [0.4, 0.5) is 0 Å². The number of amides is 1. The second-order valence-corrected chi connectivity index (χ2v) is 7.59. The molecule has 30 heavy (non-hydrogen) atoms. The SMILES string of the molecule is O=C(c1ccccc1O)N1CCOc2ccc(COCc3ccc(Cl)cc3)cc2C1. The van der Waals surface area contributed by atoms with Crippen molar-refractivity contribution in [1.29, 1.82) is 0 Å². The van der Waals surface area contributed by atoms with Gasteiger partial charge in [0.25, 0.3) is 5.91 Å². The Balaban J connectivity index is 1.44. The molecule has 0 saturated heterocycles. The maximum Gasteiger partial charge on any atom is 0.258 e. The number of nitrogens with zero attached hydrogens (tertiary/aromatic N) is 1. The van der Waals surface area contributed by atoms with Gasteiger partial charge in [-0.05, 0) is 47.5 Å². The highest BCUT2D eigenvalue weighted by molar-refractivity contribution is 6.30. The monoisotopic (exact) mass is 423 g/mol. The van der Waals surface area contributed by atoms with Gasteiger partial charge in [0.15, 0.2) is 0 Å². The van der Waals surface area contributed by atoms with Crippen molar-refractivity contribution in [2.45, 2.75) is 19.8 Å². The number of hydrogen-bond donors (Lipinski definition) is 1. The van der Waals surface area contributed by atoms with Crippen molar-refractivity contribution in [2.75, 3.05) is 13.2 Å². The average Bonchev–Trinajstić information content (AvgIpc) is 2.97. The molecule has 0 saturated carbocycles. The summed E-state index contributed by atoms with van der Waals surface area (Å²) in [4.78, 5) is 14.6. The number of hydrogen-bond acceptors (Lipinski definition) is 4. The minimum absolute atomic E-state index is 0.0164. The first-order chi connectivity index (χ1) is 14.6. The lowest BCUT2D eigenvalue weighted by Crippen LogP contribution is -2.32. The third-order valence-electron chi connectivity index (χ3n) is 4.98. The Morgan fingerprint density at radius 2 is 1.77 bits per heavy atom. The number of phenolic OH excluding ortho intramolecular Hbond substituents is 1. The molecule has 6 heteroatoms. The standard InChI is InChI=1S/C24H22ClNO4/c25-20-8-5-17(6-9-20)15-29-16-18-7-10-23-19(13-18)14-26(11-12-30-23)24(28)21-3-1-2-4-22(21)27/h1-10,13,27H,11-12,14-16H2. The third kappa shape index (κ3) is 4.75. The molecule has 0 spiro atoms. The van der Waals surface area contributed by atoms with Gasteiger partial charge in [-0.2, -0.15) is 0 Å². The Kier molecular flexibility index (Phi) is 6.21. The summed E-state index contributed by atoms with van der Waals surface area (Å²) in [5.74, 6) is 0.537. The van der Waals surface area contributed by atoms with Crippen molar-refractivity contribution in [2.24, 2.45) is 0 Å². The average molecular weight is 424 g/mol. The van der Waals surface area contributed by atoms with Crippen LogP contribution in [0.1, 0.15) is 27.0 Å². The lowest BCUT2D eigenvalue weighted by Gasteiger charge is -2.20. The molecule has 0 aromatic heterocycles. The smallest absolute Gasteiger partial charge is 0.258 e. The van der Waals surface area contributed by atoms with Gasteiger partial charge in [-0.3, -0.25) is 4.79 Å². The first-order valence-corrected chi connectivity index (χ1v) is 10.1. The molecule has 0 aliphatic carbocycles. The molecule has 1 N–H and O–H groups in total. The molecule has 0 radical (unpaired) electrons. The number of phenols is 1. The van der Waals surface area contributed by atoms with Gasteiger partial charge in [0.1, 0.15) is 18.1 Å². The Morgan fingerprint density at radius 3 is 2.57 bits per heavy atom. The van der Waals surface area contributed by atoms with E-state index in [2.05, 4.69) is 0 Å². The molecule has 0 atom stereocenters. The number of benzene rings is 3. The zero-order valence-electron chi connectivity index (χ0n) is 16.4. The largest absolute Gasteiger partial charge is 0.507 e. The van der Waals surface area contributed by atoms with Crippen LogP contribution >= 0.6 is 11.6 Å². The molecule has 4 rings (SSSR count). The topological polar surface area (TPSA) is 59.0 Å². The molecule has 3 aromatic rings. The Labute approximate surface area is 180 Å². The summed E-state index contributed by atoms with van der Waals surface area (Å²) in [7, 11) is 0. The predicted octanol–water partition coefficient (Wildman–Crippen LogP) is 4.80. The van der Waals surface area contributed by atoms with E-state index >= 15 is 0 Å². The summed E-state index contributed by atoms with van der Waals surface area (Å²) < 4.78 is 11.7. The van der Waals surface area contributed by atoms with Crippen molar-refractivity contribution in [3.8, 4) is 11.5 Å². The number of rotatable bonds is 5. The summed E-state index contributed by atoms with van der Waals surface area (Å²) in [6.45, 7) is 2.20. The van der Waals surface area contributed by atoms with Gasteiger partial charge < -0.3 is 19.5 Å². The van der Waals surface area contributed by atoms with Crippen LogP contribution in [-0.4, -0.2) is 29.1 Å². The van der Waals surface area contributed by atoms with Crippen molar-refractivity contribution in [3.63, 3.8) is 0 Å². The van der Waals surface area contributed by atoms with Crippen molar-refractivity contribution in [3.05, 3.63) is 94.0 Å². The zero-order valence-corrected chi connectivity index (χ0v) is 17.1. The van der Waals surface area contributed by atoms with Crippen molar-refractivity contribution in [1.82, 2.24) is 4.90 Å². The quantitative estimate of drug-likeness (QED) is 0.640. The molecule has 1 amide bonds. The second-order valence-electron chi connectivity index (χ2n) is 7.15. The second kappa shape index (κ2) is 9.20. The first-order valence-electron chi connectivity index (χ1n) is 9.74. The van der Waals surface area contributed by atoms with E-state index in [0.717, 1.165) is 22.4 Å². The van der Waals surface area contributed by atoms with Crippen LogP contribution in [0.5, 0.6) is 11.5 Å². The maximum absolute atomic E-state index is 12.9. The van der Waals surface area contributed by atoms with E-state index in [1.165, 1.54) is 6.07 Å². The van der Waals surface area contributed by atoms with E-state index in [-0.39, 0.29) is 11.7 Å². The molecular formula is C24H22ClNO4. The van der Waals surface area contributed by atoms with Crippen molar-refractivity contribution < 1.29 is 19.4 Å². The summed E-state index contributed by atoms with van der Waals surface area (Å²) >= 11 is 5.91. The van der Waals surface area contributed by atoms with Crippen LogP contribution in [0, 0.1) is 0 Å². The lowest BCUT2D eigenvalue weighted by molar-refractivity contribution is 0.0730. The number of ether oxygens (including phenoxy) is 2. The van der Waals surface area contributed by atoms with E-state index < -0.39 is 0 Å². The molecule has 0 bridgehead atoms. The fourth-order valence-corrected chi connectivity index (χ4v) is 3.53. The number of carbonyl (C=O) groups excluding carboxylic acids is 1. The lowest BCUT2D eigenvalue weighted by atomic mass is 10.1. The van der Waals surface area contributed by atoms with Gasteiger partial charge >= 0.3 is 0 Å². The summed E-state index contributed by atoms with van der Waals surface area (Å²) in [5, 5.41) is 10.7. The molecule has 1 heterocycles. The molecule has 1 aliphatic heterocycles. The highest BCUT2D eigenvalue weighted by Crippen LogP contribution is 2.27. The van der Waals surface area contributed by atoms with Crippen LogP contribution < -0.4 is 4.74 Å². The summed E-state index contributed by atoms with van der Waals surface area (Å²) in [6.07, 6.45) is 0. The minimum atomic E-state index is -0.214. The summed E-state index contributed by atoms with van der Waals surface area (Å²) in [5.41, 5.74) is 3.27. The van der Waals surface area contributed by atoms with E-state index in [4.69, 9.17) is 21.1 Å². The number of fused-ring (bicyclic) bond motifs is 1. The fourth-order valence-electron chi connectivity index (χ4n) is 3.40. The normalized spacial score (nSPS) is 13.3. The number of aromatic hydroxyl groups is 1. The predicted molar refractivity (Wildman–Crippen MR) is 115 cm³/mol. The molecule has 3 aromatic carbocycles. The molecule has 0 unspecified atom stereocenters. The fraction of sp³-hybridized carbons (Fsp3) is 0.208. The first kappa shape index (κ1) is 20.3. The number of halogens is 1. The third-order valence-corrected chi connectivity index (χ3v) is 5.23. The van der Waals surface area contributed by atoms with Crippen LogP contribution in [0.2, 0.25) is 5.02 Å². The Bertz CT molecular complexity index is 1040. The van der Waals surface area contributed by atoms with Crippen LogP contribution in [-0.2, 0) is 24.5 Å². The van der Waals surface area contributed by atoms with E-state index in [9.17, 15) is 9.90 Å². The highest BCUT2D eigenvalue weighted by Gasteiger charge is 2.23. The number of carbonyl (C=O) groups is 1. The minimum Gasteiger partial charge on any atom is -0.507 e. The molecule has 5 nitrogen and oxygen atoms in total. The van der Waals surface area contributed by atoms with E-state index in [1.807, 2.05) is 42.5 Å². The number of para-hydroxylation sites is 1. The Hall–Kier alpha value is -3.02. The van der Waals surface area contributed by atoms with Gasteiger partial charge in [-0.15, -0.1) is 0 Å². The van der Waals surface area contributed by atoms with Gasteiger partial charge in [-0.1, -0.05) is 41.9 Å². The van der Waals surface area contributed by atoms with Crippen LogP contribution in [0.25, 0.3) is 0 Å². The Morgan fingerprint density at radius 1 is 1.03 bits per heavy atom. The van der Waals surface area contributed by atoms with Gasteiger partial charge in [-0.25, -0.2) is 0 Å². The molecular weight excluding hydrogens is 402 g/mol. The summed E-state index contributed by atoms with van der Waals surface area (Å²) in [6, 6.07) is 20.1. The van der Waals surface area contributed by atoms with Crippen molar-refractivity contribution >= 4 is 17.5 Å². The van der Waals surface area contributed by atoms with Gasteiger partial charge in [0, 0.05) is 17.1 Å². The molecule has 0 fully saturated rings.